The molecular weight excluding hydrogens is 532 g/mol. The van der Waals surface area contributed by atoms with Crippen molar-refractivity contribution in [2.45, 2.75) is 20.1 Å². The molecule has 1 aromatic carbocycles. The first kappa shape index (κ1) is 26.5. The third-order valence-electron chi connectivity index (χ3n) is 6.41. The van der Waals surface area contributed by atoms with Gasteiger partial charge in [-0.3, -0.25) is 9.78 Å². The van der Waals surface area contributed by atoms with Crippen LogP contribution in [0.4, 0.5) is 4.79 Å². The maximum Gasteiger partial charge on any atom is 0.411 e. The van der Waals surface area contributed by atoms with E-state index in [0.29, 0.717) is 33.4 Å². The smallest absolute Gasteiger partial charge is 0.411 e. The fraction of sp³-hybridized carbons (Fsp3) is 0.138. The normalized spacial score (nSPS) is 10.8. The second-order valence-electron chi connectivity index (χ2n) is 8.97. The number of carbonyl (C=O) groups excluding carboxylic acids is 1. The number of nitrogens with zero attached hydrogens (tertiary/aromatic N) is 5. The van der Waals surface area contributed by atoms with Gasteiger partial charge in [-0.1, -0.05) is 23.7 Å². The van der Waals surface area contributed by atoms with Gasteiger partial charge in [-0.05, 0) is 43.3 Å². The molecule has 200 valence electrons. The molecule has 0 aliphatic rings. The van der Waals surface area contributed by atoms with Crippen LogP contribution in [-0.4, -0.2) is 25.2 Å². The molecule has 0 saturated carbocycles. The Morgan fingerprint density at radius 2 is 2.00 bits per heavy atom. The second kappa shape index (κ2) is 10.9. The number of aromatic nitrogens is 4. The molecule has 0 saturated heterocycles. The molecule has 0 spiro atoms. The summed E-state index contributed by atoms with van der Waals surface area (Å²) in [5.74, 6) is 0.843. The highest BCUT2D eigenvalue weighted by atomic mass is 35.5. The summed E-state index contributed by atoms with van der Waals surface area (Å²) in [6.45, 7) is 2.07. The zero-order chi connectivity index (χ0) is 28.4. The Kier molecular flexibility index (Phi) is 7.23. The third-order valence-corrected chi connectivity index (χ3v) is 6.76. The van der Waals surface area contributed by atoms with Crippen molar-refractivity contribution >= 4 is 28.6 Å². The van der Waals surface area contributed by atoms with E-state index < -0.39 is 11.7 Å². The van der Waals surface area contributed by atoms with Crippen molar-refractivity contribution in [1.82, 2.24) is 19.1 Å². The molecule has 0 aliphatic carbocycles. The van der Waals surface area contributed by atoms with Gasteiger partial charge in [0.05, 0.1) is 23.0 Å². The molecule has 0 bridgehead atoms. The van der Waals surface area contributed by atoms with Crippen LogP contribution in [0.2, 0.25) is 5.02 Å². The number of amides is 1. The minimum Gasteiger partial charge on any atom is -0.486 e. The van der Waals surface area contributed by atoms with E-state index in [-0.39, 0.29) is 18.7 Å². The highest BCUT2D eigenvalue weighted by Crippen LogP contribution is 2.35. The minimum atomic E-state index is -0.893. The van der Waals surface area contributed by atoms with Gasteiger partial charge in [0.1, 0.15) is 29.5 Å². The largest absolute Gasteiger partial charge is 0.486 e. The molecule has 2 N–H and O–H groups in total. The number of ether oxygens (including phenoxy) is 2. The Morgan fingerprint density at radius 3 is 2.77 bits per heavy atom. The molecule has 11 heteroatoms. The summed E-state index contributed by atoms with van der Waals surface area (Å²) in [4.78, 5) is 33.0. The van der Waals surface area contributed by atoms with Crippen molar-refractivity contribution < 1.29 is 14.3 Å². The van der Waals surface area contributed by atoms with E-state index in [4.69, 9.17) is 31.8 Å². The average Bonchev–Trinajstić information content (AvgIpc) is 3.28. The number of pyridine rings is 3. The van der Waals surface area contributed by atoms with Crippen LogP contribution in [0.3, 0.4) is 0 Å². The summed E-state index contributed by atoms with van der Waals surface area (Å²) >= 11 is 6.54. The van der Waals surface area contributed by atoms with Gasteiger partial charge in [0.2, 0.25) is 5.88 Å². The molecule has 40 heavy (non-hydrogen) atoms. The maximum absolute atomic E-state index is 12.6. The molecular formula is C29H23ClN6O4. The van der Waals surface area contributed by atoms with E-state index >= 15 is 0 Å². The molecule has 5 aromatic rings. The first-order valence-corrected chi connectivity index (χ1v) is 12.5. The van der Waals surface area contributed by atoms with Crippen molar-refractivity contribution in [3.05, 3.63) is 105 Å². The number of benzene rings is 1. The van der Waals surface area contributed by atoms with Crippen molar-refractivity contribution in [3.63, 3.8) is 0 Å². The van der Waals surface area contributed by atoms with Gasteiger partial charge in [0.25, 0.3) is 5.56 Å². The monoisotopic (exact) mass is 554 g/mol. The number of nitrogens with two attached hydrogens (primary N) is 1. The molecule has 4 aromatic heterocycles. The number of para-hydroxylation sites is 1. The number of nitriles is 1. The fourth-order valence-electron chi connectivity index (χ4n) is 4.50. The zero-order valence-corrected chi connectivity index (χ0v) is 22.3. The Balaban J connectivity index is 1.50. The summed E-state index contributed by atoms with van der Waals surface area (Å²) in [5, 5.41) is 10.5. The first-order chi connectivity index (χ1) is 19.3. The molecule has 0 fully saturated rings. The van der Waals surface area contributed by atoms with E-state index in [0.717, 1.165) is 22.3 Å². The summed E-state index contributed by atoms with van der Waals surface area (Å²) < 4.78 is 14.5. The molecule has 0 radical (unpaired) electrons. The summed E-state index contributed by atoms with van der Waals surface area (Å²) in [6, 6.07) is 17.7. The molecule has 10 nitrogen and oxygen atoms in total. The van der Waals surface area contributed by atoms with Crippen LogP contribution in [0.5, 0.6) is 11.6 Å². The Bertz CT molecular complexity index is 1870. The predicted molar refractivity (Wildman–Crippen MR) is 149 cm³/mol. The molecule has 0 unspecified atom stereocenters. The van der Waals surface area contributed by atoms with Gasteiger partial charge < -0.3 is 24.3 Å². The topological polar surface area (TPSA) is 138 Å². The van der Waals surface area contributed by atoms with Crippen molar-refractivity contribution in [2.75, 3.05) is 0 Å². The number of hydrogen-bond donors (Lipinski definition) is 1. The average molecular weight is 555 g/mol. The highest BCUT2D eigenvalue weighted by molar-refractivity contribution is 6.31. The SMILES string of the molecule is Cc1cc(-c2ccc(OC(N)=O)n2C)c2cccc(OCc3c(Cl)ccnc3Cn3cccc(C#N)c3=O)c2n1. The Labute approximate surface area is 233 Å². The number of fused-ring (bicyclic) bond motifs is 1. The van der Waals surface area contributed by atoms with Gasteiger partial charge in [0.15, 0.2) is 0 Å². The van der Waals surface area contributed by atoms with E-state index in [9.17, 15) is 14.9 Å². The number of carbonyl (C=O) groups is 1. The molecule has 0 aliphatic heterocycles. The van der Waals surface area contributed by atoms with E-state index in [1.807, 2.05) is 43.3 Å². The van der Waals surface area contributed by atoms with E-state index in [1.54, 1.807) is 42.2 Å². The first-order valence-electron chi connectivity index (χ1n) is 12.1. The van der Waals surface area contributed by atoms with Gasteiger partial charge in [-0.25, -0.2) is 9.78 Å². The van der Waals surface area contributed by atoms with E-state index in [1.165, 1.54) is 10.6 Å². The lowest BCUT2D eigenvalue weighted by atomic mass is 10.0. The highest BCUT2D eigenvalue weighted by Gasteiger charge is 2.17. The standard InChI is InChI=1S/C29H23ClN6O4/c1-17-13-20(24-8-9-26(35(24)2)40-29(32)38)19-6-3-7-25(27(19)34-17)39-16-21-22(30)10-11-33-23(21)15-36-12-4-5-18(14-31)28(36)37/h3-13H,15-16H2,1-2H3,(H2,32,38). The van der Waals surface area contributed by atoms with Crippen molar-refractivity contribution in [3.8, 4) is 29.0 Å². The number of halogens is 1. The summed E-state index contributed by atoms with van der Waals surface area (Å²) in [5.41, 5.74) is 9.04. The summed E-state index contributed by atoms with van der Waals surface area (Å²) in [6.07, 6.45) is 2.26. The zero-order valence-electron chi connectivity index (χ0n) is 21.6. The quantitative estimate of drug-likeness (QED) is 0.307. The van der Waals surface area contributed by atoms with Crippen LogP contribution in [0.1, 0.15) is 22.5 Å². The van der Waals surface area contributed by atoms with Gasteiger partial charge >= 0.3 is 6.09 Å². The minimum absolute atomic E-state index is 0.0434. The van der Waals surface area contributed by atoms with E-state index in [2.05, 4.69) is 4.98 Å². The number of hydrogen-bond acceptors (Lipinski definition) is 7. The third kappa shape index (κ3) is 5.10. The van der Waals surface area contributed by atoms with Crippen molar-refractivity contribution in [1.29, 1.82) is 5.26 Å². The molecule has 0 atom stereocenters. The maximum atomic E-state index is 12.6. The van der Waals surface area contributed by atoms with Gasteiger partial charge in [-0.15, -0.1) is 0 Å². The number of aryl methyl sites for hydroxylation is 1. The van der Waals surface area contributed by atoms with Crippen LogP contribution < -0.4 is 20.8 Å². The lowest BCUT2D eigenvalue weighted by Gasteiger charge is -2.16. The van der Waals surface area contributed by atoms with Gasteiger partial charge in [-0.2, -0.15) is 5.26 Å². The number of rotatable bonds is 7. The number of primary amides is 1. The molecule has 1 amide bonds. The van der Waals surface area contributed by atoms with Crippen LogP contribution in [0.15, 0.2) is 71.8 Å². The molecule has 4 heterocycles. The molecule has 5 rings (SSSR count). The summed E-state index contributed by atoms with van der Waals surface area (Å²) in [7, 11) is 1.78. The van der Waals surface area contributed by atoms with Gasteiger partial charge in [0, 0.05) is 47.7 Å². The van der Waals surface area contributed by atoms with Crippen LogP contribution in [0.25, 0.3) is 22.2 Å². The Morgan fingerprint density at radius 1 is 1.18 bits per heavy atom. The van der Waals surface area contributed by atoms with Crippen molar-refractivity contribution in [2.24, 2.45) is 12.8 Å². The Hall–Kier alpha value is -5.14. The lowest BCUT2D eigenvalue weighted by molar-refractivity contribution is 0.207. The van der Waals surface area contributed by atoms with Crippen LogP contribution in [0, 0.1) is 18.3 Å². The predicted octanol–water partition coefficient (Wildman–Crippen LogP) is 4.72. The van der Waals surface area contributed by atoms with Crippen LogP contribution in [-0.2, 0) is 20.2 Å². The van der Waals surface area contributed by atoms with Crippen LogP contribution >= 0.6 is 11.6 Å². The lowest BCUT2D eigenvalue weighted by Crippen LogP contribution is -2.23. The second-order valence-corrected chi connectivity index (χ2v) is 9.38. The fourth-order valence-corrected chi connectivity index (χ4v) is 4.72.